The van der Waals surface area contributed by atoms with E-state index in [-0.39, 0.29) is 0 Å². The Balaban J connectivity index is 1.87. The Morgan fingerprint density at radius 1 is 1.03 bits per heavy atom. The van der Waals surface area contributed by atoms with E-state index in [1.165, 1.54) is 0 Å². The first kappa shape index (κ1) is 21.5. The Kier molecular flexibility index (Phi) is 5.15. The van der Waals surface area contributed by atoms with Crippen LogP contribution >= 0.6 is 27.5 Å². The Morgan fingerprint density at radius 3 is 2.55 bits per heavy atom. The molecule has 0 aliphatic rings. The number of hydrogen-bond acceptors (Lipinski definition) is 3. The van der Waals surface area contributed by atoms with E-state index in [0.717, 1.165) is 42.6 Å². The normalized spacial score (nSPS) is 11.5. The monoisotopic (exact) mass is 513 g/mol. The lowest BCUT2D eigenvalue weighted by atomic mass is 9.98. The smallest absolute Gasteiger partial charge is 0.141 e. The van der Waals surface area contributed by atoms with Crippen LogP contribution in [-0.4, -0.2) is 20.7 Å². The summed E-state index contributed by atoms with van der Waals surface area (Å²) in [6.45, 7) is 3.32. The lowest BCUT2D eigenvalue weighted by molar-refractivity contribution is 0.143. The molecule has 0 aliphatic carbocycles. The molecule has 0 saturated heterocycles. The molecule has 0 saturated carbocycles. The van der Waals surface area contributed by atoms with E-state index in [1.807, 2.05) is 30.3 Å². The van der Waals surface area contributed by atoms with Crippen LogP contribution in [0.15, 0.2) is 59.1 Å². The molecule has 6 heteroatoms. The van der Waals surface area contributed by atoms with Crippen molar-refractivity contribution >= 4 is 60.1 Å². The number of hydrogen-bond donors (Lipinski definition) is 2. The highest BCUT2D eigenvalue weighted by molar-refractivity contribution is 9.10. The minimum Gasteiger partial charge on any atom is -0.378 e. The van der Waals surface area contributed by atoms with Gasteiger partial charge >= 0.3 is 0 Å². The summed E-state index contributed by atoms with van der Waals surface area (Å²) in [5, 5.41) is 24.1. The van der Waals surface area contributed by atoms with Crippen molar-refractivity contribution < 1.29 is 5.11 Å². The summed E-state index contributed by atoms with van der Waals surface area (Å²) in [5.74, 6) is 6.49. The first-order valence-corrected chi connectivity index (χ1v) is 11.4. The maximum atomic E-state index is 9.99. The first-order chi connectivity index (χ1) is 15.7. The van der Waals surface area contributed by atoms with Crippen LogP contribution in [-0.2, 0) is 0 Å². The summed E-state index contributed by atoms with van der Waals surface area (Å²) >= 11 is 10.1. The van der Waals surface area contributed by atoms with Crippen molar-refractivity contribution in [1.29, 1.82) is 5.26 Å². The van der Waals surface area contributed by atoms with E-state index in [2.05, 4.69) is 44.9 Å². The van der Waals surface area contributed by atoms with Gasteiger partial charge in [-0.25, -0.2) is 4.98 Å². The van der Waals surface area contributed by atoms with Crippen molar-refractivity contribution in [2.75, 3.05) is 0 Å². The van der Waals surface area contributed by atoms with Gasteiger partial charge < -0.3 is 10.1 Å². The predicted molar refractivity (Wildman–Crippen MR) is 137 cm³/mol. The number of aliphatic hydroxyl groups is 1. The molecule has 5 aromatic rings. The average Bonchev–Trinajstić information content (AvgIpc) is 3.22. The molecule has 1 aromatic heterocycles. The second kappa shape index (κ2) is 7.90. The average molecular weight is 515 g/mol. The van der Waals surface area contributed by atoms with E-state index in [4.69, 9.17) is 16.6 Å². The summed E-state index contributed by atoms with van der Waals surface area (Å²) in [4.78, 5) is 8.30. The highest BCUT2D eigenvalue weighted by Crippen LogP contribution is 2.38. The van der Waals surface area contributed by atoms with Crippen molar-refractivity contribution in [3.8, 4) is 29.3 Å². The molecule has 2 N–H and O–H groups in total. The Bertz CT molecular complexity index is 1690. The SMILES string of the molecule is CC(C)(O)C#Cc1ccc2c(c1)c1cc(Br)ccc1c1nc(-c3c(Cl)cccc3C#N)[nH]c21. The van der Waals surface area contributed by atoms with Crippen molar-refractivity contribution in [2.45, 2.75) is 19.4 Å². The molecule has 4 aromatic carbocycles. The molecule has 0 atom stereocenters. The van der Waals surface area contributed by atoms with Gasteiger partial charge in [0.25, 0.3) is 0 Å². The fourth-order valence-corrected chi connectivity index (χ4v) is 4.60. The minimum atomic E-state index is -1.07. The zero-order valence-corrected chi connectivity index (χ0v) is 20.1. The third kappa shape index (κ3) is 3.86. The number of imidazole rings is 1. The number of H-pyrrole nitrogens is 1. The molecule has 1 heterocycles. The Hall–Kier alpha value is -3.35. The molecule has 0 amide bonds. The molecule has 0 aliphatic heterocycles. The summed E-state index contributed by atoms with van der Waals surface area (Å²) in [6, 6.07) is 19.5. The van der Waals surface area contributed by atoms with Crippen LogP contribution in [0.25, 0.3) is 44.0 Å². The molecule has 0 spiro atoms. The fraction of sp³-hybridized carbons (Fsp3) is 0.111. The number of rotatable bonds is 1. The molecular formula is C27H17BrClN3O. The second-order valence-corrected chi connectivity index (χ2v) is 9.67. The van der Waals surface area contributed by atoms with Crippen molar-refractivity contribution in [3.63, 3.8) is 0 Å². The Labute approximate surface area is 204 Å². The third-order valence-electron chi connectivity index (χ3n) is 5.40. The van der Waals surface area contributed by atoms with E-state index < -0.39 is 5.60 Å². The van der Waals surface area contributed by atoms with Crippen LogP contribution < -0.4 is 0 Å². The van der Waals surface area contributed by atoms with Gasteiger partial charge in [0.1, 0.15) is 11.4 Å². The summed E-state index contributed by atoms with van der Waals surface area (Å²) in [5.41, 5.74) is 2.45. The number of fused-ring (bicyclic) bond motifs is 6. The van der Waals surface area contributed by atoms with E-state index in [1.54, 1.807) is 32.0 Å². The van der Waals surface area contributed by atoms with Gasteiger partial charge in [-0.1, -0.05) is 57.6 Å². The van der Waals surface area contributed by atoms with Crippen LogP contribution in [0, 0.1) is 23.2 Å². The summed E-state index contributed by atoms with van der Waals surface area (Å²) < 4.78 is 0.956. The summed E-state index contributed by atoms with van der Waals surface area (Å²) in [6.07, 6.45) is 0. The number of nitriles is 1. The van der Waals surface area contributed by atoms with Gasteiger partial charge in [-0.15, -0.1) is 0 Å². The Morgan fingerprint density at radius 2 is 1.79 bits per heavy atom. The highest BCUT2D eigenvalue weighted by atomic mass is 79.9. The summed E-state index contributed by atoms with van der Waals surface area (Å²) in [7, 11) is 0. The molecule has 33 heavy (non-hydrogen) atoms. The second-order valence-electron chi connectivity index (χ2n) is 8.34. The van der Waals surface area contributed by atoms with Gasteiger partial charge in [-0.05, 0) is 61.0 Å². The third-order valence-corrected chi connectivity index (χ3v) is 6.21. The largest absolute Gasteiger partial charge is 0.378 e. The van der Waals surface area contributed by atoms with Gasteiger partial charge in [-0.2, -0.15) is 5.26 Å². The van der Waals surface area contributed by atoms with Crippen LogP contribution in [0.4, 0.5) is 0 Å². The molecule has 5 rings (SSSR count). The number of aromatic nitrogens is 2. The van der Waals surface area contributed by atoms with E-state index in [0.29, 0.717) is 22.0 Å². The standard InChI is InChI=1S/C27H17BrClN3O/c1-27(2,33)11-10-15-6-8-18-20(12-15)21-13-17(28)7-9-19(21)25-24(18)31-26(32-25)23-16(14-30)4-3-5-22(23)29/h3-9,12-13,33H,1-2H3,(H,31,32). The van der Waals surface area contributed by atoms with Gasteiger partial charge in [0.2, 0.25) is 0 Å². The number of benzene rings is 4. The maximum Gasteiger partial charge on any atom is 0.141 e. The molecule has 4 nitrogen and oxygen atoms in total. The van der Waals surface area contributed by atoms with Gasteiger partial charge in [0, 0.05) is 20.8 Å². The van der Waals surface area contributed by atoms with Gasteiger partial charge in [0.15, 0.2) is 0 Å². The fourth-order valence-electron chi connectivity index (χ4n) is 3.97. The van der Waals surface area contributed by atoms with E-state index >= 15 is 0 Å². The zero-order chi connectivity index (χ0) is 23.3. The van der Waals surface area contributed by atoms with Crippen LogP contribution in [0.5, 0.6) is 0 Å². The lowest BCUT2D eigenvalue weighted by Crippen LogP contribution is -2.14. The van der Waals surface area contributed by atoms with Crippen LogP contribution in [0.3, 0.4) is 0 Å². The van der Waals surface area contributed by atoms with Gasteiger partial charge in [0.05, 0.1) is 33.3 Å². The van der Waals surface area contributed by atoms with Gasteiger partial charge in [-0.3, -0.25) is 0 Å². The minimum absolute atomic E-state index is 0.460. The number of aromatic amines is 1. The molecule has 0 radical (unpaired) electrons. The molecule has 160 valence electrons. The van der Waals surface area contributed by atoms with Crippen LogP contribution in [0.1, 0.15) is 25.0 Å². The van der Waals surface area contributed by atoms with Crippen molar-refractivity contribution in [2.24, 2.45) is 0 Å². The van der Waals surface area contributed by atoms with Crippen LogP contribution in [0.2, 0.25) is 5.02 Å². The number of nitrogens with one attached hydrogen (secondary N) is 1. The van der Waals surface area contributed by atoms with Crippen molar-refractivity contribution in [1.82, 2.24) is 9.97 Å². The first-order valence-electron chi connectivity index (χ1n) is 10.2. The van der Waals surface area contributed by atoms with Crippen molar-refractivity contribution in [3.05, 3.63) is 75.2 Å². The highest BCUT2D eigenvalue weighted by Gasteiger charge is 2.18. The van der Waals surface area contributed by atoms with E-state index in [9.17, 15) is 10.4 Å². The zero-order valence-electron chi connectivity index (χ0n) is 17.8. The topological polar surface area (TPSA) is 72.7 Å². The maximum absolute atomic E-state index is 9.99. The predicted octanol–water partition coefficient (Wildman–Crippen LogP) is 6.95. The molecule has 0 fully saturated rings. The quantitative estimate of drug-likeness (QED) is 0.188. The molecule has 0 bridgehead atoms. The number of nitrogens with zero attached hydrogens (tertiary/aromatic N) is 2. The lowest BCUT2D eigenvalue weighted by Gasteiger charge is -2.08. The molecule has 0 unspecified atom stereocenters. The molecular weight excluding hydrogens is 498 g/mol. The number of halogens is 2.